The maximum absolute atomic E-state index is 11.3. The Morgan fingerprint density at radius 3 is 2.81 bits per heavy atom. The molecule has 1 aromatic carbocycles. The molecule has 0 fully saturated rings. The molecule has 2 N–H and O–H groups in total. The van der Waals surface area contributed by atoms with Gasteiger partial charge in [-0.1, -0.05) is 24.3 Å². The van der Waals surface area contributed by atoms with E-state index < -0.39 is 11.8 Å². The lowest BCUT2D eigenvalue weighted by Gasteiger charge is -2.03. The van der Waals surface area contributed by atoms with Crippen molar-refractivity contribution in [3.8, 4) is 0 Å². The number of nitrogens with one attached hydrogen (secondary N) is 1. The smallest absolute Gasteiger partial charge is 0.372 e. The van der Waals surface area contributed by atoms with E-state index in [1.165, 1.54) is 0 Å². The van der Waals surface area contributed by atoms with Crippen molar-refractivity contribution in [1.82, 2.24) is 15.0 Å². The molecule has 0 aliphatic heterocycles. The molecule has 2 aromatic heterocycles. The van der Waals surface area contributed by atoms with Crippen LogP contribution in [0, 0.1) is 0 Å². The number of anilines is 1. The zero-order chi connectivity index (χ0) is 18.4. The van der Waals surface area contributed by atoms with Crippen LogP contribution in [-0.4, -0.2) is 38.4 Å². The van der Waals surface area contributed by atoms with Crippen LogP contribution in [0.2, 0.25) is 0 Å². The molecule has 0 saturated heterocycles. The van der Waals surface area contributed by atoms with Gasteiger partial charge in [0, 0.05) is 24.3 Å². The van der Waals surface area contributed by atoms with E-state index in [1.54, 1.807) is 12.4 Å². The van der Waals surface area contributed by atoms with Crippen LogP contribution in [0.3, 0.4) is 0 Å². The maximum atomic E-state index is 11.3. The molecule has 7 nitrogen and oxygen atoms in total. The van der Waals surface area contributed by atoms with Crippen LogP contribution in [0.25, 0.3) is 17.0 Å². The van der Waals surface area contributed by atoms with Crippen molar-refractivity contribution in [1.29, 1.82) is 0 Å². The fourth-order valence-corrected chi connectivity index (χ4v) is 2.32. The van der Waals surface area contributed by atoms with Gasteiger partial charge < -0.3 is 10.4 Å². The summed E-state index contributed by atoms with van der Waals surface area (Å²) in [4.78, 5) is 34.3. The Morgan fingerprint density at radius 2 is 2.04 bits per heavy atom. The highest BCUT2D eigenvalue weighted by molar-refractivity contribution is 6.33. The molecule has 0 atom stereocenters. The number of pyridine rings is 1. The van der Waals surface area contributed by atoms with Crippen molar-refractivity contribution in [2.24, 2.45) is 0 Å². The number of ketones is 1. The Hall–Kier alpha value is -3.61. The first-order valence-corrected chi connectivity index (χ1v) is 7.95. The predicted molar refractivity (Wildman–Crippen MR) is 97.6 cm³/mol. The van der Waals surface area contributed by atoms with Gasteiger partial charge in [-0.3, -0.25) is 4.79 Å². The Kier molecular flexibility index (Phi) is 5.28. The molecule has 7 heteroatoms. The molecule has 0 aliphatic carbocycles. The quantitative estimate of drug-likeness (QED) is 0.631. The molecule has 0 amide bonds. The number of nitrogens with zero attached hydrogens (tertiary/aromatic N) is 3. The zero-order valence-electron chi connectivity index (χ0n) is 13.8. The molecule has 2 heterocycles. The third-order valence-electron chi connectivity index (χ3n) is 3.59. The van der Waals surface area contributed by atoms with Gasteiger partial charge in [0.15, 0.2) is 0 Å². The number of benzene rings is 1. The third-order valence-corrected chi connectivity index (χ3v) is 3.59. The normalized spacial score (nSPS) is 10.9. The number of carboxylic acids is 1. The molecule has 26 heavy (non-hydrogen) atoms. The molecule has 3 aromatic rings. The predicted octanol–water partition coefficient (Wildman–Crippen LogP) is 2.35. The minimum Gasteiger partial charge on any atom is -0.475 e. The van der Waals surface area contributed by atoms with E-state index >= 15 is 0 Å². The van der Waals surface area contributed by atoms with Gasteiger partial charge >= 0.3 is 5.97 Å². The van der Waals surface area contributed by atoms with Crippen molar-refractivity contribution >= 4 is 34.5 Å². The minimum atomic E-state index is -1.48. The van der Waals surface area contributed by atoms with Crippen molar-refractivity contribution in [3.63, 3.8) is 0 Å². The number of hydrogen-bond acceptors (Lipinski definition) is 6. The van der Waals surface area contributed by atoms with E-state index in [0.29, 0.717) is 12.1 Å². The lowest BCUT2D eigenvalue weighted by molar-refractivity contribution is -0.148. The first-order valence-electron chi connectivity index (χ1n) is 7.95. The summed E-state index contributed by atoms with van der Waals surface area (Å²) in [5.41, 5.74) is 1.65. The lowest BCUT2D eigenvalue weighted by Crippen LogP contribution is -2.16. The topological polar surface area (TPSA) is 105 Å². The first-order chi connectivity index (χ1) is 12.6. The summed E-state index contributed by atoms with van der Waals surface area (Å²) in [6, 6.07) is 11.3. The van der Waals surface area contributed by atoms with Gasteiger partial charge in [0.1, 0.15) is 11.6 Å². The molecule has 0 unspecified atom stereocenters. The summed E-state index contributed by atoms with van der Waals surface area (Å²) < 4.78 is 0. The number of fused-ring (bicyclic) bond motifs is 1. The van der Waals surface area contributed by atoms with Crippen LogP contribution in [0.4, 0.5) is 5.82 Å². The fraction of sp³-hybridized carbons (Fsp3) is 0.105. The number of rotatable bonds is 7. The second kappa shape index (κ2) is 7.98. The van der Waals surface area contributed by atoms with Gasteiger partial charge in [0.2, 0.25) is 5.78 Å². The van der Waals surface area contributed by atoms with Crippen LogP contribution < -0.4 is 5.32 Å². The highest BCUT2D eigenvalue weighted by Gasteiger charge is 2.14. The van der Waals surface area contributed by atoms with Crippen LogP contribution in [0.15, 0.2) is 54.9 Å². The van der Waals surface area contributed by atoms with E-state index in [2.05, 4.69) is 20.3 Å². The van der Waals surface area contributed by atoms with E-state index in [-0.39, 0.29) is 12.2 Å². The van der Waals surface area contributed by atoms with Crippen LogP contribution in [0.1, 0.15) is 11.4 Å². The standard InChI is InChI=1S/C19H16N4O3/c24-16(19(25)26)11-18-22-12-14-10-13(6-7-15(14)23-18)4-3-9-21-17-5-1-2-8-20-17/h1-8,10,12H,9,11H2,(H,20,21)(H,25,26)/b4-3+. The third kappa shape index (κ3) is 4.47. The fourth-order valence-electron chi connectivity index (χ4n) is 2.32. The van der Waals surface area contributed by atoms with E-state index in [4.69, 9.17) is 5.11 Å². The second-order valence-corrected chi connectivity index (χ2v) is 5.51. The van der Waals surface area contributed by atoms with Gasteiger partial charge in [0.25, 0.3) is 0 Å². The molecule has 0 saturated carbocycles. The Labute approximate surface area is 149 Å². The minimum absolute atomic E-state index is 0.202. The first kappa shape index (κ1) is 17.2. The molecule has 0 radical (unpaired) electrons. The Morgan fingerprint density at radius 1 is 1.15 bits per heavy atom. The molecule has 130 valence electrons. The summed E-state index contributed by atoms with van der Waals surface area (Å²) in [5, 5.41) is 12.6. The number of hydrogen-bond donors (Lipinski definition) is 2. The number of carbonyl (C=O) groups excluding carboxylic acids is 1. The number of aliphatic carboxylic acids is 1. The molecular weight excluding hydrogens is 332 g/mol. The molecule has 3 rings (SSSR count). The van der Waals surface area contributed by atoms with Crippen molar-refractivity contribution in [3.05, 3.63) is 66.3 Å². The van der Waals surface area contributed by atoms with E-state index in [9.17, 15) is 9.59 Å². The van der Waals surface area contributed by atoms with Crippen molar-refractivity contribution < 1.29 is 14.7 Å². The number of aromatic nitrogens is 3. The highest BCUT2D eigenvalue weighted by Crippen LogP contribution is 2.15. The lowest BCUT2D eigenvalue weighted by atomic mass is 10.1. The van der Waals surface area contributed by atoms with Crippen LogP contribution in [0.5, 0.6) is 0 Å². The molecular formula is C19H16N4O3. The van der Waals surface area contributed by atoms with E-state index in [1.807, 2.05) is 48.6 Å². The number of carbonyl (C=O) groups is 2. The van der Waals surface area contributed by atoms with Gasteiger partial charge in [-0.15, -0.1) is 0 Å². The van der Waals surface area contributed by atoms with Gasteiger partial charge in [-0.25, -0.2) is 19.7 Å². The monoisotopic (exact) mass is 348 g/mol. The molecule has 0 bridgehead atoms. The average Bonchev–Trinajstić information content (AvgIpc) is 2.66. The summed E-state index contributed by atoms with van der Waals surface area (Å²) in [6.45, 7) is 0.641. The van der Waals surface area contributed by atoms with Gasteiger partial charge in [-0.2, -0.15) is 0 Å². The Balaban J connectivity index is 1.66. The average molecular weight is 348 g/mol. The highest BCUT2D eigenvalue weighted by atomic mass is 16.4. The van der Waals surface area contributed by atoms with Crippen LogP contribution >= 0.6 is 0 Å². The SMILES string of the molecule is O=C(O)C(=O)Cc1ncc2cc(/C=C/CNc3ccccn3)ccc2n1. The largest absolute Gasteiger partial charge is 0.475 e. The van der Waals surface area contributed by atoms with Gasteiger partial charge in [-0.05, 0) is 29.8 Å². The van der Waals surface area contributed by atoms with Crippen LogP contribution in [-0.2, 0) is 16.0 Å². The molecule has 0 spiro atoms. The summed E-state index contributed by atoms with van der Waals surface area (Å²) in [6.07, 6.45) is 6.96. The van der Waals surface area contributed by atoms with E-state index in [0.717, 1.165) is 16.8 Å². The number of carboxylic acid groups (broad SMARTS) is 1. The summed E-state index contributed by atoms with van der Waals surface area (Å²) >= 11 is 0. The van der Waals surface area contributed by atoms with Crippen molar-refractivity contribution in [2.45, 2.75) is 6.42 Å². The Bertz CT molecular complexity index is 971. The van der Waals surface area contributed by atoms with Crippen molar-refractivity contribution in [2.75, 3.05) is 11.9 Å². The number of Topliss-reactive ketones (excluding diaryl/α,β-unsaturated/α-hetero) is 1. The molecule has 0 aliphatic rings. The van der Waals surface area contributed by atoms with Gasteiger partial charge in [0.05, 0.1) is 11.9 Å². The maximum Gasteiger partial charge on any atom is 0.372 e. The summed E-state index contributed by atoms with van der Waals surface area (Å²) in [5.74, 6) is -1.39. The summed E-state index contributed by atoms with van der Waals surface area (Å²) in [7, 11) is 0. The zero-order valence-corrected chi connectivity index (χ0v) is 13.8. The second-order valence-electron chi connectivity index (χ2n) is 5.51.